The molecule has 0 radical (unpaired) electrons. The van der Waals surface area contributed by atoms with Gasteiger partial charge in [-0.2, -0.15) is 0 Å². The van der Waals surface area contributed by atoms with Gasteiger partial charge in [-0.1, -0.05) is 42.5 Å². The summed E-state index contributed by atoms with van der Waals surface area (Å²) in [6.45, 7) is 3.38. The number of hydrogen-bond donors (Lipinski definition) is 1. The van der Waals surface area contributed by atoms with Crippen molar-refractivity contribution in [1.29, 1.82) is 0 Å². The van der Waals surface area contributed by atoms with Gasteiger partial charge in [0, 0.05) is 25.2 Å². The molecule has 2 heterocycles. The first-order valence-corrected chi connectivity index (χ1v) is 11.6. The van der Waals surface area contributed by atoms with Crippen LogP contribution in [0.3, 0.4) is 0 Å². The number of morpholine rings is 1. The lowest BCUT2D eigenvalue weighted by molar-refractivity contribution is 0.0946. The van der Waals surface area contributed by atoms with Crippen LogP contribution in [0.4, 0.5) is 9.39 Å². The first-order chi connectivity index (χ1) is 15.5. The van der Waals surface area contributed by atoms with Crippen LogP contribution < -0.4 is 10.2 Å². The van der Waals surface area contributed by atoms with Gasteiger partial charge in [0.2, 0.25) is 0 Å². The van der Waals surface area contributed by atoms with Crippen LogP contribution in [0.25, 0.3) is 11.1 Å². The molecule has 7 heteroatoms. The van der Waals surface area contributed by atoms with E-state index in [-0.39, 0.29) is 17.8 Å². The SMILES string of the molecule is CN(C)C(CNC(=O)c1cc(-c2ccccc2)c(N2CCOCC2)s1)c1cccc(F)c1. The van der Waals surface area contributed by atoms with E-state index < -0.39 is 0 Å². The minimum atomic E-state index is -0.276. The third kappa shape index (κ3) is 5.18. The highest BCUT2D eigenvalue weighted by Gasteiger charge is 2.23. The summed E-state index contributed by atoms with van der Waals surface area (Å²) in [4.78, 5) is 18.1. The third-order valence-corrected chi connectivity index (χ3v) is 6.83. The zero-order chi connectivity index (χ0) is 22.5. The fourth-order valence-corrected chi connectivity index (χ4v) is 5.06. The lowest BCUT2D eigenvalue weighted by atomic mass is 10.1. The van der Waals surface area contributed by atoms with Gasteiger partial charge in [-0.25, -0.2) is 4.39 Å². The summed E-state index contributed by atoms with van der Waals surface area (Å²) in [6, 6.07) is 18.5. The molecule has 5 nitrogen and oxygen atoms in total. The Morgan fingerprint density at radius 1 is 1.12 bits per heavy atom. The van der Waals surface area contributed by atoms with Gasteiger partial charge in [-0.05, 0) is 43.4 Å². The molecule has 32 heavy (non-hydrogen) atoms. The van der Waals surface area contributed by atoms with Crippen LogP contribution in [0.15, 0.2) is 60.7 Å². The van der Waals surface area contributed by atoms with Crippen LogP contribution in [0.5, 0.6) is 0 Å². The van der Waals surface area contributed by atoms with Crippen molar-refractivity contribution in [1.82, 2.24) is 10.2 Å². The van der Waals surface area contributed by atoms with E-state index in [1.54, 1.807) is 6.07 Å². The Morgan fingerprint density at radius 2 is 1.88 bits per heavy atom. The Balaban J connectivity index is 1.56. The second kappa shape index (κ2) is 10.3. The first kappa shape index (κ1) is 22.5. The molecule has 1 aromatic heterocycles. The van der Waals surface area contributed by atoms with Crippen LogP contribution in [0.1, 0.15) is 21.3 Å². The van der Waals surface area contributed by atoms with Crippen molar-refractivity contribution >= 4 is 22.2 Å². The first-order valence-electron chi connectivity index (χ1n) is 10.7. The standard InChI is InChI=1S/C25H28FN3O2S/c1-28(2)22(19-9-6-10-20(26)15-19)17-27-24(30)23-16-21(18-7-4-3-5-8-18)25(32-23)29-11-13-31-14-12-29/h3-10,15-16,22H,11-14,17H2,1-2H3,(H,27,30). The minimum Gasteiger partial charge on any atom is -0.378 e. The summed E-state index contributed by atoms with van der Waals surface area (Å²) < 4.78 is 19.2. The van der Waals surface area contributed by atoms with Crippen molar-refractivity contribution in [3.63, 3.8) is 0 Å². The van der Waals surface area contributed by atoms with E-state index in [9.17, 15) is 9.18 Å². The number of ether oxygens (including phenoxy) is 1. The van der Waals surface area contributed by atoms with Crippen molar-refractivity contribution in [2.75, 3.05) is 51.8 Å². The molecule has 0 aliphatic carbocycles. The minimum absolute atomic E-state index is 0.116. The van der Waals surface area contributed by atoms with Crippen molar-refractivity contribution in [3.05, 3.63) is 76.9 Å². The number of rotatable bonds is 7. The second-order valence-corrected chi connectivity index (χ2v) is 9.07. The molecule has 0 saturated carbocycles. The molecule has 1 amide bonds. The number of nitrogens with zero attached hydrogens (tertiary/aromatic N) is 2. The fraction of sp³-hybridized carbons (Fsp3) is 0.320. The molecule has 2 aromatic carbocycles. The van der Waals surface area contributed by atoms with E-state index in [0.717, 1.165) is 34.8 Å². The molecule has 1 saturated heterocycles. The van der Waals surface area contributed by atoms with Crippen LogP contribution in [0.2, 0.25) is 0 Å². The molecule has 1 aliphatic rings. The molecule has 0 spiro atoms. The highest BCUT2D eigenvalue weighted by Crippen LogP contribution is 2.39. The monoisotopic (exact) mass is 453 g/mol. The maximum absolute atomic E-state index is 13.7. The summed E-state index contributed by atoms with van der Waals surface area (Å²) in [5.74, 6) is -0.392. The molecule has 1 N–H and O–H groups in total. The number of thiophene rings is 1. The van der Waals surface area contributed by atoms with E-state index in [2.05, 4.69) is 22.3 Å². The van der Waals surface area contributed by atoms with Crippen LogP contribution in [0, 0.1) is 5.82 Å². The Bertz CT molecular complexity index is 1050. The number of likely N-dealkylation sites (N-methyl/N-ethyl adjacent to an activating group) is 1. The van der Waals surface area contributed by atoms with E-state index in [1.807, 2.05) is 49.3 Å². The van der Waals surface area contributed by atoms with Gasteiger partial charge in [0.15, 0.2) is 0 Å². The van der Waals surface area contributed by atoms with Crippen LogP contribution in [-0.2, 0) is 4.74 Å². The van der Waals surface area contributed by atoms with Gasteiger partial charge >= 0.3 is 0 Å². The molecule has 0 bridgehead atoms. The molecule has 4 rings (SSSR count). The number of carbonyl (C=O) groups excluding carboxylic acids is 1. The number of carbonyl (C=O) groups is 1. The molecular weight excluding hydrogens is 425 g/mol. The largest absolute Gasteiger partial charge is 0.378 e. The maximum atomic E-state index is 13.7. The van der Waals surface area contributed by atoms with Crippen molar-refractivity contribution in [3.8, 4) is 11.1 Å². The molecule has 1 unspecified atom stereocenters. The predicted octanol–water partition coefficient (Wildman–Crippen LogP) is 4.42. The van der Waals surface area contributed by atoms with Crippen LogP contribution in [-0.4, -0.2) is 57.8 Å². The number of halogens is 1. The Kier molecular flexibility index (Phi) is 7.19. The normalized spacial score (nSPS) is 15.1. The maximum Gasteiger partial charge on any atom is 0.261 e. The van der Waals surface area contributed by atoms with E-state index in [1.165, 1.54) is 23.5 Å². The number of nitrogens with one attached hydrogen (secondary N) is 1. The van der Waals surface area contributed by atoms with Gasteiger partial charge in [-0.3, -0.25) is 4.79 Å². The van der Waals surface area contributed by atoms with Gasteiger partial charge in [-0.15, -0.1) is 11.3 Å². The smallest absolute Gasteiger partial charge is 0.261 e. The summed E-state index contributed by atoms with van der Waals surface area (Å²) in [5.41, 5.74) is 2.99. The van der Waals surface area contributed by atoms with Crippen LogP contribution >= 0.6 is 11.3 Å². The van der Waals surface area contributed by atoms with Crippen molar-refractivity contribution in [2.24, 2.45) is 0 Å². The van der Waals surface area contributed by atoms with Gasteiger partial charge in [0.1, 0.15) is 5.82 Å². The second-order valence-electron chi connectivity index (χ2n) is 8.04. The molecule has 1 atom stereocenters. The summed E-state index contributed by atoms with van der Waals surface area (Å²) in [5, 5.41) is 4.15. The lowest BCUT2D eigenvalue weighted by Gasteiger charge is -2.28. The number of anilines is 1. The average molecular weight is 454 g/mol. The topological polar surface area (TPSA) is 44.8 Å². The zero-order valence-electron chi connectivity index (χ0n) is 18.4. The molecule has 3 aromatic rings. The van der Waals surface area contributed by atoms with Crippen molar-refractivity contribution in [2.45, 2.75) is 6.04 Å². The van der Waals surface area contributed by atoms with Crippen molar-refractivity contribution < 1.29 is 13.9 Å². The Hall–Kier alpha value is -2.74. The zero-order valence-corrected chi connectivity index (χ0v) is 19.2. The predicted molar refractivity (Wildman–Crippen MR) is 128 cm³/mol. The molecule has 1 fully saturated rings. The number of benzene rings is 2. The average Bonchev–Trinajstić information content (AvgIpc) is 3.26. The van der Waals surface area contributed by atoms with E-state index >= 15 is 0 Å². The highest BCUT2D eigenvalue weighted by molar-refractivity contribution is 7.18. The molecular formula is C25H28FN3O2S. The van der Waals surface area contributed by atoms with Gasteiger partial charge in [0.25, 0.3) is 5.91 Å². The summed E-state index contributed by atoms with van der Waals surface area (Å²) in [7, 11) is 3.85. The summed E-state index contributed by atoms with van der Waals surface area (Å²) >= 11 is 1.51. The Labute approximate surface area is 192 Å². The van der Waals surface area contributed by atoms with E-state index in [4.69, 9.17) is 4.74 Å². The number of amides is 1. The number of hydrogen-bond acceptors (Lipinski definition) is 5. The van der Waals surface area contributed by atoms with E-state index in [0.29, 0.717) is 24.6 Å². The highest BCUT2D eigenvalue weighted by atomic mass is 32.1. The van der Waals surface area contributed by atoms with Gasteiger partial charge in [0.05, 0.1) is 29.1 Å². The molecule has 168 valence electrons. The van der Waals surface area contributed by atoms with Gasteiger partial charge < -0.3 is 19.9 Å². The fourth-order valence-electron chi connectivity index (χ4n) is 3.91. The Morgan fingerprint density at radius 3 is 2.56 bits per heavy atom. The quantitative estimate of drug-likeness (QED) is 0.575. The third-order valence-electron chi connectivity index (χ3n) is 5.63. The molecule has 1 aliphatic heterocycles. The summed E-state index contributed by atoms with van der Waals surface area (Å²) in [6.07, 6.45) is 0. The lowest BCUT2D eigenvalue weighted by Crippen LogP contribution is -2.36.